The molecule has 0 aromatic heterocycles. The maximum absolute atomic E-state index is 11.6. The molecular weight excluding hydrogens is 408 g/mol. The number of halogens is 1. The van der Waals surface area contributed by atoms with E-state index in [0.717, 1.165) is 28.2 Å². The molecule has 1 unspecified atom stereocenters. The van der Waals surface area contributed by atoms with Gasteiger partial charge in [0.2, 0.25) is 6.29 Å². The number of cyclic esters (lactones) is 1. The Morgan fingerprint density at radius 2 is 1.48 bits per heavy atom. The molecule has 0 saturated carbocycles. The molecule has 0 bridgehead atoms. The molecule has 4 rings (SSSR count). The predicted molar refractivity (Wildman–Crippen MR) is 106 cm³/mol. The minimum atomic E-state index is -1.26. The lowest BCUT2D eigenvalue weighted by Gasteiger charge is -2.10. The first-order valence-electron chi connectivity index (χ1n) is 8.34. The van der Waals surface area contributed by atoms with Crippen LogP contribution < -0.4 is 4.74 Å². The van der Waals surface area contributed by atoms with Crippen molar-refractivity contribution in [2.75, 3.05) is 0 Å². The lowest BCUT2D eigenvalue weighted by molar-refractivity contribution is -0.149. The van der Waals surface area contributed by atoms with Gasteiger partial charge in [0.15, 0.2) is 0 Å². The largest absolute Gasteiger partial charge is 0.457 e. The van der Waals surface area contributed by atoms with E-state index in [0.29, 0.717) is 5.57 Å². The molecule has 0 aliphatic carbocycles. The van der Waals surface area contributed by atoms with E-state index in [1.54, 1.807) is 0 Å². The summed E-state index contributed by atoms with van der Waals surface area (Å²) in [6.45, 7) is 0. The minimum absolute atomic E-state index is 0.249. The van der Waals surface area contributed by atoms with Gasteiger partial charge in [0.05, 0.1) is 0 Å². The lowest BCUT2D eigenvalue weighted by Crippen LogP contribution is -2.09. The van der Waals surface area contributed by atoms with Crippen molar-refractivity contribution in [3.63, 3.8) is 0 Å². The van der Waals surface area contributed by atoms with Crippen molar-refractivity contribution in [3.8, 4) is 22.6 Å². The zero-order valence-corrected chi connectivity index (χ0v) is 15.7. The van der Waals surface area contributed by atoms with Gasteiger partial charge in [0, 0.05) is 5.57 Å². The van der Waals surface area contributed by atoms with Crippen LogP contribution in [0.3, 0.4) is 0 Å². The van der Waals surface area contributed by atoms with Gasteiger partial charge in [0.1, 0.15) is 16.0 Å². The van der Waals surface area contributed by atoms with Gasteiger partial charge in [-0.1, -0.05) is 48.5 Å². The van der Waals surface area contributed by atoms with Crippen LogP contribution >= 0.6 is 15.9 Å². The van der Waals surface area contributed by atoms with Gasteiger partial charge in [-0.05, 0) is 63.0 Å². The monoisotopic (exact) mass is 422 g/mol. The van der Waals surface area contributed by atoms with Crippen LogP contribution in [0.25, 0.3) is 16.7 Å². The summed E-state index contributed by atoms with van der Waals surface area (Å²) in [5, 5.41) is 9.97. The van der Waals surface area contributed by atoms with Crippen LogP contribution in [0, 0.1) is 0 Å². The summed E-state index contributed by atoms with van der Waals surface area (Å²) in [5.41, 5.74) is 3.11. The Labute approximate surface area is 164 Å². The van der Waals surface area contributed by atoms with Gasteiger partial charge in [0.25, 0.3) is 0 Å². The van der Waals surface area contributed by atoms with Crippen LogP contribution in [0.2, 0.25) is 0 Å². The molecule has 3 aromatic rings. The van der Waals surface area contributed by atoms with Crippen LogP contribution in [0.1, 0.15) is 5.56 Å². The van der Waals surface area contributed by atoms with E-state index >= 15 is 0 Å². The first-order valence-corrected chi connectivity index (χ1v) is 9.13. The van der Waals surface area contributed by atoms with Gasteiger partial charge in [-0.2, -0.15) is 0 Å². The fourth-order valence-corrected chi connectivity index (χ4v) is 3.42. The standard InChI is InChI=1S/C22H15BrO4/c23-20-19(21(24)27-22(20)25)16-6-4-5-15(13-16)14-9-11-18(12-10-14)26-17-7-2-1-3-8-17/h1-13,21,24H. The topological polar surface area (TPSA) is 55.8 Å². The normalized spacial score (nSPS) is 16.4. The van der Waals surface area contributed by atoms with Crippen LogP contribution in [0.15, 0.2) is 83.3 Å². The molecule has 5 heteroatoms. The maximum atomic E-state index is 11.6. The van der Waals surface area contributed by atoms with E-state index in [1.165, 1.54) is 0 Å². The van der Waals surface area contributed by atoms with Crippen molar-refractivity contribution in [3.05, 3.63) is 88.9 Å². The number of aliphatic hydroxyl groups excluding tert-OH is 1. The smallest absolute Gasteiger partial charge is 0.348 e. The average Bonchev–Trinajstić information content (AvgIpc) is 2.95. The predicted octanol–water partition coefficient (Wildman–Crippen LogP) is 5.13. The Hall–Kier alpha value is -2.89. The summed E-state index contributed by atoms with van der Waals surface area (Å²) < 4.78 is 10.9. The van der Waals surface area contributed by atoms with Gasteiger partial charge in [-0.15, -0.1) is 0 Å². The Morgan fingerprint density at radius 3 is 2.15 bits per heavy atom. The van der Waals surface area contributed by atoms with Crippen molar-refractivity contribution in [1.29, 1.82) is 0 Å². The quantitative estimate of drug-likeness (QED) is 0.592. The zero-order chi connectivity index (χ0) is 18.8. The van der Waals surface area contributed by atoms with E-state index in [1.807, 2.05) is 78.9 Å². The van der Waals surface area contributed by atoms with Crippen molar-refractivity contribution >= 4 is 27.5 Å². The second-order valence-electron chi connectivity index (χ2n) is 6.01. The summed E-state index contributed by atoms with van der Waals surface area (Å²) in [5.74, 6) is 0.964. The number of benzene rings is 3. The molecule has 1 heterocycles. The third-order valence-corrected chi connectivity index (χ3v) is 4.97. The molecule has 0 radical (unpaired) electrons. The molecule has 134 valence electrons. The Balaban J connectivity index is 1.60. The highest BCUT2D eigenvalue weighted by Gasteiger charge is 2.32. The first kappa shape index (κ1) is 17.5. The van der Waals surface area contributed by atoms with Gasteiger partial charge >= 0.3 is 5.97 Å². The number of rotatable bonds is 4. The summed E-state index contributed by atoms with van der Waals surface area (Å²) in [6.07, 6.45) is -1.26. The Kier molecular flexibility index (Phi) is 4.79. The highest BCUT2D eigenvalue weighted by atomic mass is 79.9. The van der Waals surface area contributed by atoms with Crippen LogP contribution in [0.4, 0.5) is 0 Å². The maximum Gasteiger partial charge on any atom is 0.348 e. The molecule has 3 aromatic carbocycles. The number of ether oxygens (including phenoxy) is 2. The molecule has 1 N–H and O–H groups in total. The molecule has 27 heavy (non-hydrogen) atoms. The molecule has 0 fully saturated rings. The van der Waals surface area contributed by atoms with E-state index < -0.39 is 12.3 Å². The molecule has 0 spiro atoms. The highest BCUT2D eigenvalue weighted by molar-refractivity contribution is 9.12. The second-order valence-corrected chi connectivity index (χ2v) is 6.80. The summed E-state index contributed by atoms with van der Waals surface area (Å²) in [4.78, 5) is 11.6. The van der Waals surface area contributed by atoms with E-state index in [9.17, 15) is 9.90 Å². The SMILES string of the molecule is O=C1OC(O)C(c2cccc(-c3ccc(Oc4ccccc4)cc3)c2)=C1Br. The molecule has 4 nitrogen and oxygen atoms in total. The number of esters is 1. The van der Waals surface area contributed by atoms with Crippen molar-refractivity contribution < 1.29 is 19.4 Å². The van der Waals surface area contributed by atoms with E-state index in [4.69, 9.17) is 9.47 Å². The third-order valence-electron chi connectivity index (χ3n) is 4.22. The summed E-state index contributed by atoms with van der Waals surface area (Å²) in [6, 6.07) is 24.9. The van der Waals surface area contributed by atoms with Crippen molar-refractivity contribution in [1.82, 2.24) is 0 Å². The number of para-hydroxylation sites is 1. The second kappa shape index (κ2) is 7.39. The summed E-state index contributed by atoms with van der Waals surface area (Å²) in [7, 11) is 0. The Bertz CT molecular complexity index is 1010. The van der Waals surface area contributed by atoms with Crippen LogP contribution in [-0.4, -0.2) is 17.4 Å². The molecule has 0 amide bonds. The zero-order valence-electron chi connectivity index (χ0n) is 14.1. The van der Waals surface area contributed by atoms with Crippen molar-refractivity contribution in [2.24, 2.45) is 0 Å². The number of hydrogen-bond donors (Lipinski definition) is 1. The molecule has 1 aliphatic rings. The molecule has 1 atom stereocenters. The number of aliphatic hydroxyl groups is 1. The number of hydrogen-bond acceptors (Lipinski definition) is 4. The highest BCUT2D eigenvalue weighted by Crippen LogP contribution is 2.35. The van der Waals surface area contributed by atoms with Gasteiger partial charge in [-0.3, -0.25) is 0 Å². The van der Waals surface area contributed by atoms with E-state index in [2.05, 4.69) is 15.9 Å². The average molecular weight is 423 g/mol. The van der Waals surface area contributed by atoms with E-state index in [-0.39, 0.29) is 4.48 Å². The number of carbonyl (C=O) groups is 1. The fourth-order valence-electron chi connectivity index (χ4n) is 2.91. The van der Waals surface area contributed by atoms with Crippen molar-refractivity contribution in [2.45, 2.75) is 6.29 Å². The van der Waals surface area contributed by atoms with Gasteiger partial charge < -0.3 is 14.6 Å². The molecule has 1 aliphatic heterocycles. The summed E-state index contributed by atoms with van der Waals surface area (Å²) >= 11 is 3.20. The minimum Gasteiger partial charge on any atom is -0.457 e. The fraction of sp³-hybridized carbons (Fsp3) is 0.0455. The van der Waals surface area contributed by atoms with Gasteiger partial charge in [-0.25, -0.2) is 4.79 Å². The molecule has 0 saturated heterocycles. The van der Waals surface area contributed by atoms with Crippen LogP contribution in [0.5, 0.6) is 11.5 Å². The Morgan fingerprint density at radius 1 is 0.815 bits per heavy atom. The lowest BCUT2D eigenvalue weighted by atomic mass is 9.99. The third kappa shape index (κ3) is 3.65. The van der Waals surface area contributed by atoms with Crippen LogP contribution in [-0.2, 0) is 9.53 Å². The number of carbonyl (C=O) groups excluding carboxylic acids is 1. The molecular formula is C22H15BrO4. The first-order chi connectivity index (χ1) is 13.1.